The number of para-hydroxylation sites is 1. The minimum Gasteiger partial charge on any atom is -0.496 e. The maximum Gasteiger partial charge on any atom is 0.228 e. The van der Waals surface area contributed by atoms with Gasteiger partial charge < -0.3 is 19.3 Å². The summed E-state index contributed by atoms with van der Waals surface area (Å²) in [5.74, 6) is 0.822. The first-order valence-electron chi connectivity index (χ1n) is 9.33. The second-order valence-electron chi connectivity index (χ2n) is 7.08. The van der Waals surface area contributed by atoms with Crippen molar-refractivity contribution in [2.75, 3.05) is 40.5 Å². The molecule has 0 aliphatic carbocycles. The van der Waals surface area contributed by atoms with E-state index >= 15 is 0 Å². The molecule has 0 saturated carbocycles. The van der Waals surface area contributed by atoms with Crippen molar-refractivity contribution in [2.45, 2.75) is 31.7 Å². The highest BCUT2D eigenvalue weighted by Crippen LogP contribution is 2.29. The van der Waals surface area contributed by atoms with Crippen molar-refractivity contribution in [1.29, 1.82) is 0 Å². The van der Waals surface area contributed by atoms with Gasteiger partial charge in [-0.15, -0.1) is 0 Å². The lowest BCUT2D eigenvalue weighted by atomic mass is 10.0. The number of likely N-dealkylation sites (tertiary alicyclic amines) is 2. The molecule has 2 fully saturated rings. The van der Waals surface area contributed by atoms with Gasteiger partial charge in [-0.2, -0.15) is 0 Å². The van der Waals surface area contributed by atoms with Crippen molar-refractivity contribution in [3.63, 3.8) is 0 Å². The zero-order chi connectivity index (χ0) is 18.5. The zero-order valence-electron chi connectivity index (χ0n) is 15.6. The van der Waals surface area contributed by atoms with E-state index < -0.39 is 0 Å². The second kappa shape index (κ2) is 8.54. The number of hydrogen-bond acceptors (Lipinski definition) is 4. The molecule has 142 valence electrons. The van der Waals surface area contributed by atoms with Gasteiger partial charge in [-0.1, -0.05) is 18.2 Å². The van der Waals surface area contributed by atoms with E-state index in [2.05, 4.69) is 6.07 Å². The molecular formula is C20H28N2O4. The Morgan fingerprint density at radius 3 is 2.85 bits per heavy atom. The van der Waals surface area contributed by atoms with Crippen molar-refractivity contribution in [2.24, 2.45) is 5.92 Å². The van der Waals surface area contributed by atoms with Crippen molar-refractivity contribution >= 4 is 11.8 Å². The molecule has 0 bridgehead atoms. The van der Waals surface area contributed by atoms with E-state index in [0.29, 0.717) is 26.1 Å². The van der Waals surface area contributed by atoms with Crippen LogP contribution >= 0.6 is 0 Å². The third-order valence-corrected chi connectivity index (χ3v) is 5.44. The molecule has 26 heavy (non-hydrogen) atoms. The molecule has 2 aliphatic heterocycles. The van der Waals surface area contributed by atoms with Gasteiger partial charge in [0.2, 0.25) is 11.8 Å². The molecule has 6 nitrogen and oxygen atoms in total. The number of hydrogen-bond donors (Lipinski definition) is 0. The molecule has 3 rings (SSSR count). The quantitative estimate of drug-likeness (QED) is 0.743. The van der Waals surface area contributed by atoms with Crippen LogP contribution in [0.1, 0.15) is 24.8 Å². The number of carbonyl (C=O) groups is 2. The Hall–Kier alpha value is -2.08. The average Bonchev–Trinajstić information content (AvgIpc) is 3.26. The van der Waals surface area contributed by atoms with Crippen LogP contribution in [0.5, 0.6) is 5.75 Å². The Morgan fingerprint density at radius 2 is 2.08 bits per heavy atom. The summed E-state index contributed by atoms with van der Waals surface area (Å²) in [6.07, 6.45) is 3.13. The summed E-state index contributed by atoms with van der Waals surface area (Å²) >= 11 is 0. The van der Waals surface area contributed by atoms with Crippen LogP contribution in [0.3, 0.4) is 0 Å². The molecule has 0 radical (unpaired) electrons. The van der Waals surface area contributed by atoms with Crippen molar-refractivity contribution < 1.29 is 19.1 Å². The topological polar surface area (TPSA) is 59.1 Å². The molecule has 2 heterocycles. The standard InChI is InChI=1S/C20H28N2O4/c1-25-11-10-21-14-16(13-19(21)23)20(24)22-9-5-7-17(22)12-15-6-3-4-8-18(15)26-2/h3-4,6,8,16-17H,5,7,9-14H2,1-2H3/t16-,17+/m0/s1. The number of rotatable bonds is 7. The predicted molar refractivity (Wildman–Crippen MR) is 98.0 cm³/mol. The molecule has 1 aromatic carbocycles. The minimum absolute atomic E-state index is 0.0564. The van der Waals surface area contributed by atoms with Gasteiger partial charge >= 0.3 is 0 Å². The van der Waals surface area contributed by atoms with Gasteiger partial charge in [-0.3, -0.25) is 9.59 Å². The summed E-state index contributed by atoms with van der Waals surface area (Å²) in [4.78, 5) is 28.9. The highest BCUT2D eigenvalue weighted by molar-refractivity contribution is 5.89. The van der Waals surface area contributed by atoms with Crippen molar-refractivity contribution in [3.05, 3.63) is 29.8 Å². The molecule has 0 unspecified atom stereocenters. The van der Waals surface area contributed by atoms with Crippen molar-refractivity contribution in [1.82, 2.24) is 9.80 Å². The molecule has 2 atom stereocenters. The summed E-state index contributed by atoms with van der Waals surface area (Å²) in [5, 5.41) is 0. The number of nitrogens with zero attached hydrogens (tertiary/aromatic N) is 2. The van der Waals surface area contributed by atoms with Crippen LogP contribution in [0.25, 0.3) is 0 Å². The largest absolute Gasteiger partial charge is 0.496 e. The SMILES string of the molecule is COCCN1C[C@@H](C(=O)N2CCC[C@@H]2Cc2ccccc2OC)CC1=O. The minimum atomic E-state index is -0.224. The fraction of sp³-hybridized carbons (Fsp3) is 0.600. The third kappa shape index (κ3) is 4.01. The molecule has 0 N–H and O–H groups in total. The van der Waals surface area contributed by atoms with Gasteiger partial charge in [0, 0.05) is 39.2 Å². The van der Waals surface area contributed by atoms with Gasteiger partial charge in [0.05, 0.1) is 19.6 Å². The summed E-state index contributed by atoms with van der Waals surface area (Å²) in [5.41, 5.74) is 1.13. The molecule has 0 spiro atoms. The molecular weight excluding hydrogens is 332 g/mol. The third-order valence-electron chi connectivity index (χ3n) is 5.44. The van der Waals surface area contributed by atoms with Crippen LogP contribution in [0.4, 0.5) is 0 Å². The number of ether oxygens (including phenoxy) is 2. The van der Waals surface area contributed by atoms with Crippen LogP contribution in [-0.4, -0.2) is 68.1 Å². The molecule has 0 aromatic heterocycles. The highest BCUT2D eigenvalue weighted by Gasteiger charge is 2.39. The smallest absolute Gasteiger partial charge is 0.228 e. The molecule has 2 aliphatic rings. The number of methoxy groups -OCH3 is 2. The van der Waals surface area contributed by atoms with E-state index in [0.717, 1.165) is 37.1 Å². The lowest BCUT2D eigenvalue weighted by Crippen LogP contribution is -2.41. The van der Waals surface area contributed by atoms with Crippen molar-refractivity contribution in [3.8, 4) is 5.75 Å². The molecule has 2 saturated heterocycles. The van der Waals surface area contributed by atoms with E-state index in [9.17, 15) is 9.59 Å². The van der Waals surface area contributed by atoms with Gasteiger partial charge in [0.15, 0.2) is 0 Å². The summed E-state index contributed by atoms with van der Waals surface area (Å²) in [7, 11) is 3.30. The average molecular weight is 360 g/mol. The Balaban J connectivity index is 1.64. The van der Waals surface area contributed by atoms with Gasteiger partial charge in [-0.05, 0) is 30.9 Å². The van der Waals surface area contributed by atoms with E-state index in [1.807, 2.05) is 23.1 Å². The fourth-order valence-corrected chi connectivity index (χ4v) is 4.05. The maximum absolute atomic E-state index is 13.1. The van der Waals surface area contributed by atoms with Crippen LogP contribution in [0.15, 0.2) is 24.3 Å². The molecule has 6 heteroatoms. The fourth-order valence-electron chi connectivity index (χ4n) is 4.05. The van der Waals surface area contributed by atoms with Gasteiger partial charge in [0.1, 0.15) is 5.75 Å². The Labute approximate surface area is 155 Å². The summed E-state index contributed by atoms with van der Waals surface area (Å²) in [6.45, 7) is 2.36. The first-order valence-corrected chi connectivity index (χ1v) is 9.33. The first kappa shape index (κ1) is 18.7. The predicted octanol–water partition coefficient (Wildman–Crippen LogP) is 1.72. The second-order valence-corrected chi connectivity index (χ2v) is 7.08. The molecule has 1 aromatic rings. The zero-order valence-corrected chi connectivity index (χ0v) is 15.6. The van der Waals surface area contributed by atoms with E-state index in [1.165, 1.54) is 0 Å². The summed E-state index contributed by atoms with van der Waals surface area (Å²) in [6, 6.07) is 8.16. The number of carbonyl (C=O) groups excluding carboxylic acids is 2. The highest BCUT2D eigenvalue weighted by atomic mass is 16.5. The van der Waals surface area contributed by atoms with E-state index in [-0.39, 0.29) is 23.8 Å². The number of benzene rings is 1. The van der Waals surface area contributed by atoms with Crippen LogP contribution in [0.2, 0.25) is 0 Å². The number of amides is 2. The first-order chi connectivity index (χ1) is 12.6. The van der Waals surface area contributed by atoms with Crippen LogP contribution < -0.4 is 4.74 Å². The lowest BCUT2D eigenvalue weighted by Gasteiger charge is -2.28. The monoisotopic (exact) mass is 360 g/mol. The van der Waals surface area contributed by atoms with Gasteiger partial charge in [-0.25, -0.2) is 0 Å². The normalized spacial score (nSPS) is 22.9. The lowest BCUT2D eigenvalue weighted by molar-refractivity contribution is -0.136. The summed E-state index contributed by atoms with van der Waals surface area (Å²) < 4.78 is 10.5. The van der Waals surface area contributed by atoms with E-state index in [1.54, 1.807) is 19.1 Å². The Kier molecular flexibility index (Phi) is 6.14. The van der Waals surface area contributed by atoms with Crippen LogP contribution in [0, 0.1) is 5.92 Å². The Morgan fingerprint density at radius 1 is 1.27 bits per heavy atom. The Bertz CT molecular complexity index is 648. The van der Waals surface area contributed by atoms with E-state index in [4.69, 9.17) is 9.47 Å². The molecule has 2 amide bonds. The maximum atomic E-state index is 13.1. The van der Waals surface area contributed by atoms with Crippen LogP contribution in [-0.2, 0) is 20.7 Å². The van der Waals surface area contributed by atoms with Gasteiger partial charge in [0.25, 0.3) is 0 Å².